The molecule has 0 aliphatic rings. The van der Waals surface area contributed by atoms with Crippen LogP contribution in [0.2, 0.25) is 0 Å². The predicted molar refractivity (Wildman–Crippen MR) is 41.9 cm³/mol. The minimum Gasteiger partial charge on any atom is -0.356 e. The van der Waals surface area contributed by atoms with E-state index in [1.807, 2.05) is 0 Å². The van der Waals surface area contributed by atoms with Crippen LogP contribution >= 0.6 is 0 Å². The fraction of sp³-hybridized carbons (Fsp3) is 1.00. The first-order chi connectivity index (χ1) is 4.74. The van der Waals surface area contributed by atoms with Crippen LogP contribution in [0.4, 0.5) is 0 Å². The smallest absolute Gasteiger partial charge is 0.157 e. The van der Waals surface area contributed by atoms with Crippen LogP contribution in [-0.2, 0) is 9.47 Å². The summed E-state index contributed by atoms with van der Waals surface area (Å²) in [7, 11) is 1.68. The van der Waals surface area contributed by atoms with Gasteiger partial charge >= 0.3 is 0 Å². The molecule has 0 aliphatic heterocycles. The Hall–Kier alpha value is -0.0800. The summed E-state index contributed by atoms with van der Waals surface area (Å²) in [5, 5.41) is 0. The lowest BCUT2D eigenvalue weighted by Crippen LogP contribution is -2.20. The molecule has 0 fully saturated rings. The van der Waals surface area contributed by atoms with Crippen molar-refractivity contribution in [3.05, 3.63) is 0 Å². The average Bonchev–Trinajstić information content (AvgIpc) is 1.99. The van der Waals surface area contributed by atoms with Crippen LogP contribution in [0, 0.1) is 0 Å². The van der Waals surface area contributed by atoms with E-state index in [9.17, 15) is 0 Å². The maximum absolute atomic E-state index is 5.48. The summed E-state index contributed by atoms with van der Waals surface area (Å²) in [6, 6.07) is 0. The summed E-state index contributed by atoms with van der Waals surface area (Å²) in [6.45, 7) is 6.21. The first kappa shape index (κ1) is 9.92. The second-order valence-corrected chi connectivity index (χ2v) is 2.43. The molecule has 0 saturated heterocycles. The van der Waals surface area contributed by atoms with E-state index in [-0.39, 0.29) is 6.29 Å². The highest BCUT2D eigenvalue weighted by molar-refractivity contribution is 4.46. The molecule has 0 bridgehead atoms. The Kier molecular flexibility index (Phi) is 5.64. The van der Waals surface area contributed by atoms with Crippen molar-refractivity contribution < 1.29 is 9.47 Å². The van der Waals surface area contributed by atoms with Crippen LogP contribution in [0.15, 0.2) is 0 Å². The Balaban J connectivity index is 3.41. The van der Waals surface area contributed by atoms with Crippen molar-refractivity contribution in [2.45, 2.75) is 46.0 Å². The largest absolute Gasteiger partial charge is 0.356 e. The van der Waals surface area contributed by atoms with Crippen LogP contribution in [0.3, 0.4) is 0 Å². The molecule has 1 unspecified atom stereocenters. The lowest BCUT2D eigenvalue weighted by atomic mass is 10.3. The summed E-state index contributed by atoms with van der Waals surface area (Å²) in [5.41, 5.74) is 0. The summed E-state index contributed by atoms with van der Waals surface area (Å²) in [6.07, 6.45) is 2.25. The molecule has 0 aromatic rings. The van der Waals surface area contributed by atoms with E-state index < -0.39 is 0 Å². The minimum atomic E-state index is -0.0186. The van der Waals surface area contributed by atoms with E-state index in [0.29, 0.717) is 6.10 Å². The van der Waals surface area contributed by atoms with Crippen LogP contribution in [0.5, 0.6) is 0 Å². The number of methoxy groups -OCH3 is 1. The predicted octanol–water partition coefficient (Wildman–Crippen LogP) is 2.18. The lowest BCUT2D eigenvalue weighted by Gasteiger charge is -2.18. The third-order valence-electron chi connectivity index (χ3n) is 1.56. The van der Waals surface area contributed by atoms with Gasteiger partial charge in [-0.3, -0.25) is 0 Å². The van der Waals surface area contributed by atoms with Gasteiger partial charge in [0.2, 0.25) is 0 Å². The molecular formula is C8H18O2. The van der Waals surface area contributed by atoms with E-state index in [4.69, 9.17) is 9.47 Å². The average molecular weight is 146 g/mol. The minimum absolute atomic E-state index is 0.0186. The van der Waals surface area contributed by atoms with Crippen molar-refractivity contribution >= 4 is 0 Å². The van der Waals surface area contributed by atoms with Crippen LogP contribution in [0.25, 0.3) is 0 Å². The van der Waals surface area contributed by atoms with E-state index in [1.165, 1.54) is 0 Å². The van der Waals surface area contributed by atoms with E-state index in [2.05, 4.69) is 20.8 Å². The highest BCUT2D eigenvalue weighted by atomic mass is 16.7. The Bertz CT molecular complexity index is 69.7. The zero-order valence-electron chi connectivity index (χ0n) is 7.39. The maximum atomic E-state index is 5.48. The highest BCUT2D eigenvalue weighted by Gasteiger charge is 2.07. The molecule has 0 aromatic heterocycles. The quantitative estimate of drug-likeness (QED) is 0.553. The van der Waals surface area contributed by atoms with Gasteiger partial charge in [-0.2, -0.15) is 0 Å². The topological polar surface area (TPSA) is 18.5 Å². The van der Waals surface area contributed by atoms with Crippen LogP contribution in [0.1, 0.15) is 33.6 Å². The van der Waals surface area contributed by atoms with Crippen molar-refractivity contribution in [2.24, 2.45) is 0 Å². The van der Waals surface area contributed by atoms with Gasteiger partial charge in [-0.1, -0.05) is 13.8 Å². The molecule has 2 heteroatoms. The first-order valence-electron chi connectivity index (χ1n) is 3.92. The third-order valence-corrected chi connectivity index (χ3v) is 1.56. The monoisotopic (exact) mass is 146 g/mol. The summed E-state index contributed by atoms with van der Waals surface area (Å²) >= 11 is 0. The zero-order valence-corrected chi connectivity index (χ0v) is 7.39. The molecule has 0 heterocycles. The summed E-state index contributed by atoms with van der Waals surface area (Å²) < 4.78 is 10.5. The highest BCUT2D eigenvalue weighted by Crippen LogP contribution is 2.05. The standard InChI is InChI=1S/C8H18O2/c1-5-7(3)10-8(6-2)9-4/h7-8H,5-6H2,1-4H3/t7?,8-/m1/s1. The number of hydrogen-bond donors (Lipinski definition) is 0. The molecular weight excluding hydrogens is 128 g/mol. The molecule has 0 amide bonds. The molecule has 0 spiro atoms. The van der Waals surface area contributed by atoms with E-state index in [0.717, 1.165) is 12.8 Å². The van der Waals surface area contributed by atoms with E-state index >= 15 is 0 Å². The maximum Gasteiger partial charge on any atom is 0.157 e. The van der Waals surface area contributed by atoms with Gasteiger partial charge in [0.05, 0.1) is 6.10 Å². The molecule has 2 nitrogen and oxygen atoms in total. The van der Waals surface area contributed by atoms with Crippen molar-refractivity contribution in [1.82, 2.24) is 0 Å². The normalized spacial score (nSPS) is 16.8. The van der Waals surface area contributed by atoms with Gasteiger partial charge in [-0.05, 0) is 19.8 Å². The van der Waals surface area contributed by atoms with Gasteiger partial charge in [-0.25, -0.2) is 0 Å². The SMILES string of the molecule is CCC(C)O[C@H](CC)OC. The van der Waals surface area contributed by atoms with Crippen molar-refractivity contribution in [3.8, 4) is 0 Å². The molecule has 0 aromatic carbocycles. The molecule has 0 radical (unpaired) electrons. The fourth-order valence-electron chi connectivity index (χ4n) is 0.674. The first-order valence-corrected chi connectivity index (χ1v) is 3.92. The molecule has 2 atom stereocenters. The van der Waals surface area contributed by atoms with Crippen molar-refractivity contribution in [3.63, 3.8) is 0 Å². The lowest BCUT2D eigenvalue weighted by molar-refractivity contribution is -0.152. The van der Waals surface area contributed by atoms with Gasteiger partial charge in [0.15, 0.2) is 6.29 Å². The molecule has 0 aliphatic carbocycles. The van der Waals surface area contributed by atoms with Crippen molar-refractivity contribution in [1.29, 1.82) is 0 Å². The van der Waals surface area contributed by atoms with Crippen LogP contribution in [-0.4, -0.2) is 19.5 Å². The molecule has 10 heavy (non-hydrogen) atoms. The number of ether oxygens (including phenoxy) is 2. The third kappa shape index (κ3) is 3.85. The van der Waals surface area contributed by atoms with Gasteiger partial charge in [0, 0.05) is 7.11 Å². The van der Waals surface area contributed by atoms with Gasteiger partial charge in [0.1, 0.15) is 0 Å². The molecule has 0 saturated carbocycles. The number of hydrogen-bond acceptors (Lipinski definition) is 2. The second-order valence-electron chi connectivity index (χ2n) is 2.43. The molecule has 0 N–H and O–H groups in total. The van der Waals surface area contributed by atoms with Crippen LogP contribution < -0.4 is 0 Å². The fourth-order valence-corrected chi connectivity index (χ4v) is 0.674. The Labute approximate surface area is 63.5 Å². The zero-order chi connectivity index (χ0) is 7.98. The Morgan fingerprint density at radius 2 is 1.80 bits per heavy atom. The van der Waals surface area contributed by atoms with Gasteiger partial charge < -0.3 is 9.47 Å². The second kappa shape index (κ2) is 5.69. The molecule has 0 rings (SSSR count). The number of rotatable bonds is 5. The van der Waals surface area contributed by atoms with Crippen molar-refractivity contribution in [2.75, 3.05) is 7.11 Å². The summed E-state index contributed by atoms with van der Waals surface area (Å²) in [4.78, 5) is 0. The van der Waals surface area contributed by atoms with Gasteiger partial charge in [-0.15, -0.1) is 0 Å². The van der Waals surface area contributed by atoms with E-state index in [1.54, 1.807) is 7.11 Å². The Morgan fingerprint density at radius 1 is 1.20 bits per heavy atom. The summed E-state index contributed by atoms with van der Waals surface area (Å²) in [5.74, 6) is 0. The van der Waals surface area contributed by atoms with Gasteiger partial charge in [0.25, 0.3) is 0 Å². The Morgan fingerprint density at radius 3 is 2.10 bits per heavy atom. The molecule has 62 valence electrons.